The molecule has 2 rings (SSSR count). The first-order valence-corrected chi connectivity index (χ1v) is 6.50. The van der Waals surface area contributed by atoms with Crippen LogP contribution in [0.1, 0.15) is 52.4 Å². The summed E-state index contributed by atoms with van der Waals surface area (Å²) in [6, 6.07) is 0. The molecule has 1 aliphatic heterocycles. The van der Waals surface area contributed by atoms with E-state index in [1.54, 1.807) is 0 Å². The van der Waals surface area contributed by atoms with Crippen LogP contribution in [0.3, 0.4) is 0 Å². The normalized spacial score (nSPS) is 36.5. The average molecular weight is 222 g/mol. The van der Waals surface area contributed by atoms with Crippen molar-refractivity contribution >= 4 is 5.97 Å². The van der Waals surface area contributed by atoms with E-state index in [9.17, 15) is 4.79 Å². The standard InChI is InChI=1S/C14H22O2/c1-4-14(3)10(2)13(15)16-12(14)11-8-6-5-7-9-11/h11-12H,2,4-9H2,1,3H3/t12-,14+/m0/s1. The first kappa shape index (κ1) is 11.7. The Morgan fingerprint density at radius 3 is 2.56 bits per heavy atom. The van der Waals surface area contributed by atoms with Crippen LogP contribution in [0.25, 0.3) is 0 Å². The van der Waals surface area contributed by atoms with Crippen LogP contribution in [0.4, 0.5) is 0 Å². The zero-order chi connectivity index (χ0) is 11.8. The first-order valence-electron chi connectivity index (χ1n) is 6.50. The molecular formula is C14H22O2. The van der Waals surface area contributed by atoms with E-state index in [4.69, 9.17) is 4.74 Å². The van der Waals surface area contributed by atoms with Crippen LogP contribution < -0.4 is 0 Å². The fourth-order valence-electron chi connectivity index (χ4n) is 3.19. The second-order valence-corrected chi connectivity index (χ2v) is 5.47. The molecule has 90 valence electrons. The Bertz CT molecular complexity index is 302. The Morgan fingerprint density at radius 1 is 1.38 bits per heavy atom. The monoisotopic (exact) mass is 222 g/mol. The van der Waals surface area contributed by atoms with Gasteiger partial charge in [-0.1, -0.05) is 39.7 Å². The summed E-state index contributed by atoms with van der Waals surface area (Å²) in [6.07, 6.45) is 7.34. The lowest BCUT2D eigenvalue weighted by Gasteiger charge is -2.35. The number of cyclic esters (lactones) is 1. The van der Waals surface area contributed by atoms with E-state index in [1.807, 2.05) is 0 Å². The van der Waals surface area contributed by atoms with Gasteiger partial charge >= 0.3 is 5.97 Å². The molecule has 0 aromatic carbocycles. The summed E-state index contributed by atoms with van der Waals surface area (Å²) in [5, 5.41) is 0. The quantitative estimate of drug-likeness (QED) is 0.528. The molecule has 1 aliphatic carbocycles. The van der Waals surface area contributed by atoms with E-state index in [-0.39, 0.29) is 17.5 Å². The van der Waals surface area contributed by atoms with Gasteiger partial charge in [0.05, 0.1) is 0 Å². The Morgan fingerprint density at radius 2 is 2.00 bits per heavy atom. The molecular weight excluding hydrogens is 200 g/mol. The lowest BCUT2D eigenvalue weighted by Crippen LogP contribution is -2.36. The Labute approximate surface area is 98.1 Å². The van der Waals surface area contributed by atoms with Crippen molar-refractivity contribution in [1.82, 2.24) is 0 Å². The SMILES string of the molecule is C=C1C(=O)O[C@@H](C2CCCCC2)[C@]1(C)CC. The molecule has 2 aliphatic rings. The van der Waals surface area contributed by atoms with Crippen molar-refractivity contribution in [3.05, 3.63) is 12.2 Å². The topological polar surface area (TPSA) is 26.3 Å². The van der Waals surface area contributed by atoms with Gasteiger partial charge in [0.1, 0.15) is 6.10 Å². The molecule has 2 fully saturated rings. The fraction of sp³-hybridized carbons (Fsp3) is 0.786. The van der Waals surface area contributed by atoms with Gasteiger partial charge in [-0.25, -0.2) is 4.79 Å². The first-order chi connectivity index (χ1) is 7.59. The predicted molar refractivity (Wildman–Crippen MR) is 64.0 cm³/mol. The van der Waals surface area contributed by atoms with E-state index in [0.717, 1.165) is 6.42 Å². The Balaban J connectivity index is 2.19. The number of hydrogen-bond acceptors (Lipinski definition) is 2. The van der Waals surface area contributed by atoms with E-state index < -0.39 is 0 Å². The van der Waals surface area contributed by atoms with Crippen LogP contribution in [0.2, 0.25) is 0 Å². The number of carbonyl (C=O) groups excluding carboxylic acids is 1. The largest absolute Gasteiger partial charge is 0.458 e. The molecule has 0 aromatic rings. The number of ether oxygens (including phenoxy) is 1. The van der Waals surface area contributed by atoms with Crippen LogP contribution in [-0.4, -0.2) is 12.1 Å². The molecule has 0 aromatic heterocycles. The summed E-state index contributed by atoms with van der Waals surface area (Å²) in [5.74, 6) is 0.391. The number of rotatable bonds is 2. The lowest BCUT2D eigenvalue weighted by molar-refractivity contribution is -0.143. The third-order valence-corrected chi connectivity index (χ3v) is 4.61. The molecule has 1 saturated carbocycles. The van der Waals surface area contributed by atoms with Crippen LogP contribution >= 0.6 is 0 Å². The predicted octanol–water partition coefficient (Wildman–Crippen LogP) is 3.46. The van der Waals surface area contributed by atoms with Crippen molar-refractivity contribution < 1.29 is 9.53 Å². The highest BCUT2D eigenvalue weighted by Gasteiger charge is 2.50. The molecule has 1 saturated heterocycles. The summed E-state index contributed by atoms with van der Waals surface area (Å²) < 4.78 is 5.58. The second kappa shape index (κ2) is 4.23. The maximum Gasteiger partial charge on any atom is 0.334 e. The molecule has 0 bridgehead atoms. The molecule has 0 spiro atoms. The van der Waals surface area contributed by atoms with Crippen molar-refractivity contribution in [2.75, 3.05) is 0 Å². The van der Waals surface area contributed by atoms with Crippen molar-refractivity contribution in [1.29, 1.82) is 0 Å². The average Bonchev–Trinajstić information content (AvgIpc) is 2.56. The molecule has 1 heterocycles. The van der Waals surface area contributed by atoms with Gasteiger partial charge < -0.3 is 4.74 Å². The summed E-state index contributed by atoms with van der Waals surface area (Å²) in [7, 11) is 0. The van der Waals surface area contributed by atoms with E-state index >= 15 is 0 Å². The van der Waals surface area contributed by atoms with Gasteiger partial charge in [-0.3, -0.25) is 0 Å². The number of hydrogen-bond donors (Lipinski definition) is 0. The molecule has 0 unspecified atom stereocenters. The maximum atomic E-state index is 11.7. The van der Waals surface area contributed by atoms with Crippen molar-refractivity contribution in [3.8, 4) is 0 Å². The van der Waals surface area contributed by atoms with Gasteiger partial charge in [0.25, 0.3) is 0 Å². The minimum atomic E-state index is -0.167. The third-order valence-electron chi connectivity index (χ3n) is 4.61. The van der Waals surface area contributed by atoms with Crippen LogP contribution in [0.15, 0.2) is 12.2 Å². The molecule has 0 amide bonds. The molecule has 16 heavy (non-hydrogen) atoms. The van der Waals surface area contributed by atoms with Gasteiger partial charge in [-0.2, -0.15) is 0 Å². The molecule has 2 atom stereocenters. The Kier molecular flexibility index (Phi) is 3.09. The third kappa shape index (κ3) is 1.68. The van der Waals surface area contributed by atoms with Crippen molar-refractivity contribution in [2.45, 2.75) is 58.5 Å². The highest BCUT2D eigenvalue weighted by molar-refractivity contribution is 5.92. The van der Waals surface area contributed by atoms with Gasteiger partial charge in [-0.15, -0.1) is 0 Å². The summed E-state index contributed by atoms with van der Waals surface area (Å²) in [4.78, 5) is 11.7. The molecule has 2 heteroatoms. The van der Waals surface area contributed by atoms with Crippen LogP contribution in [-0.2, 0) is 9.53 Å². The zero-order valence-corrected chi connectivity index (χ0v) is 10.4. The van der Waals surface area contributed by atoms with Gasteiger partial charge in [0.2, 0.25) is 0 Å². The molecule has 2 nitrogen and oxygen atoms in total. The van der Waals surface area contributed by atoms with Gasteiger partial charge in [-0.05, 0) is 25.2 Å². The zero-order valence-electron chi connectivity index (χ0n) is 10.4. The summed E-state index contributed by atoms with van der Waals surface area (Å²) in [5.41, 5.74) is 0.560. The van der Waals surface area contributed by atoms with Crippen LogP contribution in [0, 0.1) is 11.3 Å². The van der Waals surface area contributed by atoms with E-state index in [2.05, 4.69) is 20.4 Å². The van der Waals surface area contributed by atoms with Gasteiger partial charge in [0, 0.05) is 11.0 Å². The maximum absolute atomic E-state index is 11.7. The van der Waals surface area contributed by atoms with Crippen LogP contribution in [0.5, 0.6) is 0 Å². The van der Waals surface area contributed by atoms with E-state index in [1.165, 1.54) is 32.1 Å². The number of esters is 1. The fourth-order valence-corrected chi connectivity index (χ4v) is 3.19. The summed E-state index contributed by atoms with van der Waals surface area (Å²) >= 11 is 0. The smallest absolute Gasteiger partial charge is 0.334 e. The minimum Gasteiger partial charge on any atom is -0.458 e. The molecule has 0 N–H and O–H groups in total. The van der Waals surface area contributed by atoms with Gasteiger partial charge in [0.15, 0.2) is 0 Å². The highest BCUT2D eigenvalue weighted by Crippen LogP contribution is 2.48. The second-order valence-electron chi connectivity index (χ2n) is 5.47. The van der Waals surface area contributed by atoms with Crippen molar-refractivity contribution in [3.63, 3.8) is 0 Å². The summed E-state index contributed by atoms with van der Waals surface area (Å²) in [6.45, 7) is 8.20. The highest BCUT2D eigenvalue weighted by atomic mass is 16.6. The van der Waals surface area contributed by atoms with Crippen molar-refractivity contribution in [2.24, 2.45) is 11.3 Å². The number of carbonyl (C=O) groups is 1. The minimum absolute atomic E-state index is 0.0813. The molecule has 0 radical (unpaired) electrons. The lowest BCUT2D eigenvalue weighted by atomic mass is 9.69. The Hall–Kier alpha value is -0.790. The van der Waals surface area contributed by atoms with E-state index in [0.29, 0.717) is 11.5 Å².